The standard InChI is InChI=1S/C16H21NO5S2/c18-16(17-13-3-1-2-4-13)12-5-7-14(8-6-12)24(21,22)15-9-10-23(19,20)11-15/h5-8,13,15H,1-4,9-11H2,(H,17,18). The molecule has 1 aliphatic heterocycles. The van der Waals surface area contributed by atoms with Crippen molar-refractivity contribution in [3.8, 4) is 0 Å². The minimum atomic E-state index is -3.69. The van der Waals surface area contributed by atoms with Gasteiger partial charge < -0.3 is 5.32 Å². The van der Waals surface area contributed by atoms with Gasteiger partial charge in [0.25, 0.3) is 5.91 Å². The minimum Gasteiger partial charge on any atom is -0.349 e. The predicted molar refractivity (Wildman–Crippen MR) is 90.4 cm³/mol. The highest BCUT2D eigenvalue weighted by Gasteiger charge is 2.38. The molecule has 1 unspecified atom stereocenters. The van der Waals surface area contributed by atoms with Gasteiger partial charge in [0.05, 0.1) is 21.7 Å². The lowest BCUT2D eigenvalue weighted by atomic mass is 10.2. The zero-order valence-corrected chi connectivity index (χ0v) is 14.9. The molecule has 2 fully saturated rings. The van der Waals surface area contributed by atoms with Crippen molar-refractivity contribution in [2.45, 2.75) is 48.3 Å². The summed E-state index contributed by atoms with van der Waals surface area (Å²) in [5.74, 6) is -0.604. The van der Waals surface area contributed by atoms with Gasteiger partial charge in [-0.3, -0.25) is 4.79 Å². The number of carbonyl (C=O) groups excluding carboxylic acids is 1. The normalized spacial score (nSPS) is 24.1. The molecule has 24 heavy (non-hydrogen) atoms. The van der Waals surface area contributed by atoms with Gasteiger partial charge in [0, 0.05) is 11.6 Å². The Kier molecular flexibility index (Phi) is 4.70. The Labute approximate surface area is 142 Å². The highest BCUT2D eigenvalue weighted by atomic mass is 32.2. The third-order valence-electron chi connectivity index (χ3n) is 4.76. The predicted octanol–water partition coefficient (Wildman–Crippen LogP) is 1.32. The van der Waals surface area contributed by atoms with Crippen molar-refractivity contribution in [2.24, 2.45) is 0 Å². The second-order valence-electron chi connectivity index (χ2n) is 6.55. The fourth-order valence-electron chi connectivity index (χ4n) is 3.33. The number of amides is 1. The van der Waals surface area contributed by atoms with Crippen LogP contribution in [0.25, 0.3) is 0 Å². The van der Waals surface area contributed by atoms with E-state index in [2.05, 4.69) is 5.32 Å². The SMILES string of the molecule is O=C(NC1CCCC1)c1ccc(S(=O)(=O)C2CCS(=O)(=O)C2)cc1. The third-order valence-corrected chi connectivity index (χ3v) is 8.95. The maximum absolute atomic E-state index is 12.5. The Hall–Kier alpha value is -1.41. The first kappa shape index (κ1) is 17.4. The van der Waals surface area contributed by atoms with Gasteiger partial charge >= 0.3 is 0 Å². The van der Waals surface area contributed by atoms with Gasteiger partial charge in [-0.25, -0.2) is 16.8 Å². The molecule has 0 aromatic heterocycles. The Balaban J connectivity index is 1.73. The molecule has 0 radical (unpaired) electrons. The Bertz CT molecular complexity index is 822. The maximum Gasteiger partial charge on any atom is 0.251 e. The van der Waals surface area contributed by atoms with Crippen molar-refractivity contribution in [3.05, 3.63) is 29.8 Å². The fraction of sp³-hybridized carbons (Fsp3) is 0.562. The van der Waals surface area contributed by atoms with E-state index in [1.54, 1.807) is 0 Å². The van der Waals surface area contributed by atoms with Crippen molar-refractivity contribution in [3.63, 3.8) is 0 Å². The number of nitrogens with one attached hydrogen (secondary N) is 1. The monoisotopic (exact) mass is 371 g/mol. The first-order chi connectivity index (χ1) is 11.3. The van der Waals surface area contributed by atoms with E-state index in [1.807, 2.05) is 0 Å². The van der Waals surface area contributed by atoms with Crippen LogP contribution in [0.2, 0.25) is 0 Å². The zero-order valence-electron chi connectivity index (χ0n) is 13.3. The van der Waals surface area contributed by atoms with Crippen LogP contribution in [-0.4, -0.2) is 45.5 Å². The van der Waals surface area contributed by atoms with E-state index >= 15 is 0 Å². The van der Waals surface area contributed by atoms with Crippen LogP contribution in [-0.2, 0) is 19.7 Å². The van der Waals surface area contributed by atoms with E-state index in [9.17, 15) is 21.6 Å². The second kappa shape index (κ2) is 6.48. The van der Waals surface area contributed by atoms with Crippen LogP contribution in [0.15, 0.2) is 29.2 Å². The van der Waals surface area contributed by atoms with E-state index in [1.165, 1.54) is 24.3 Å². The first-order valence-electron chi connectivity index (χ1n) is 8.13. The van der Waals surface area contributed by atoms with Gasteiger partial charge in [0.15, 0.2) is 19.7 Å². The average molecular weight is 371 g/mol. The summed E-state index contributed by atoms with van der Waals surface area (Å²) in [4.78, 5) is 12.2. The first-order valence-corrected chi connectivity index (χ1v) is 11.5. The summed E-state index contributed by atoms with van der Waals surface area (Å²) in [6.07, 6.45) is 4.33. The molecule has 1 saturated carbocycles. The molecular weight excluding hydrogens is 350 g/mol. The summed E-state index contributed by atoms with van der Waals surface area (Å²) >= 11 is 0. The Morgan fingerprint density at radius 2 is 1.67 bits per heavy atom. The van der Waals surface area contributed by atoms with Gasteiger partial charge in [-0.05, 0) is 43.5 Å². The number of hydrogen-bond acceptors (Lipinski definition) is 5. The number of benzene rings is 1. The molecular formula is C16H21NO5S2. The summed E-state index contributed by atoms with van der Waals surface area (Å²) in [6.45, 7) is 0. The van der Waals surface area contributed by atoms with E-state index in [4.69, 9.17) is 0 Å². The van der Waals surface area contributed by atoms with E-state index in [0.717, 1.165) is 25.7 Å². The number of carbonyl (C=O) groups is 1. The zero-order chi connectivity index (χ0) is 17.4. The van der Waals surface area contributed by atoms with Gasteiger partial charge in [-0.1, -0.05) is 12.8 Å². The highest BCUT2D eigenvalue weighted by Crippen LogP contribution is 2.25. The molecule has 1 aliphatic carbocycles. The largest absolute Gasteiger partial charge is 0.349 e. The van der Waals surface area contributed by atoms with Gasteiger partial charge in [-0.15, -0.1) is 0 Å². The molecule has 2 aliphatic rings. The fourth-order valence-corrected chi connectivity index (χ4v) is 7.69. The smallest absolute Gasteiger partial charge is 0.251 e. The average Bonchev–Trinajstić information content (AvgIpc) is 3.17. The lowest BCUT2D eigenvalue weighted by Gasteiger charge is -2.13. The summed E-state index contributed by atoms with van der Waals surface area (Å²) in [6, 6.07) is 5.96. The molecule has 1 heterocycles. The van der Waals surface area contributed by atoms with Gasteiger partial charge in [-0.2, -0.15) is 0 Å². The van der Waals surface area contributed by atoms with Crippen molar-refractivity contribution < 1.29 is 21.6 Å². The molecule has 1 aromatic carbocycles. The van der Waals surface area contributed by atoms with E-state index in [0.29, 0.717) is 5.56 Å². The van der Waals surface area contributed by atoms with Crippen molar-refractivity contribution in [1.29, 1.82) is 0 Å². The molecule has 0 spiro atoms. The lowest BCUT2D eigenvalue weighted by molar-refractivity contribution is 0.0937. The molecule has 1 N–H and O–H groups in total. The summed E-state index contributed by atoms with van der Waals surface area (Å²) < 4.78 is 48.1. The second-order valence-corrected chi connectivity index (χ2v) is 11.0. The number of hydrogen-bond donors (Lipinski definition) is 1. The molecule has 1 aromatic rings. The highest BCUT2D eigenvalue weighted by molar-refractivity contribution is 7.96. The quantitative estimate of drug-likeness (QED) is 0.861. The Morgan fingerprint density at radius 3 is 2.21 bits per heavy atom. The van der Waals surface area contributed by atoms with Crippen LogP contribution < -0.4 is 5.32 Å². The van der Waals surface area contributed by atoms with E-state index < -0.39 is 24.9 Å². The number of sulfone groups is 2. The summed E-state index contributed by atoms with van der Waals surface area (Å²) in [7, 11) is -6.95. The van der Waals surface area contributed by atoms with Crippen LogP contribution in [0.4, 0.5) is 0 Å². The molecule has 1 saturated heterocycles. The molecule has 1 atom stereocenters. The minimum absolute atomic E-state index is 0.0713. The topological polar surface area (TPSA) is 97.4 Å². The van der Waals surface area contributed by atoms with Crippen LogP contribution >= 0.6 is 0 Å². The van der Waals surface area contributed by atoms with Gasteiger partial charge in [0.2, 0.25) is 0 Å². The third kappa shape index (κ3) is 3.64. The molecule has 8 heteroatoms. The lowest BCUT2D eigenvalue weighted by Crippen LogP contribution is -2.32. The molecule has 0 bridgehead atoms. The summed E-state index contributed by atoms with van der Waals surface area (Å²) in [5.41, 5.74) is 0.417. The van der Waals surface area contributed by atoms with Gasteiger partial charge in [0.1, 0.15) is 0 Å². The van der Waals surface area contributed by atoms with Crippen molar-refractivity contribution in [1.82, 2.24) is 5.32 Å². The Morgan fingerprint density at radius 1 is 1.04 bits per heavy atom. The molecule has 3 rings (SSSR count). The molecule has 6 nitrogen and oxygen atoms in total. The van der Waals surface area contributed by atoms with Crippen molar-refractivity contribution in [2.75, 3.05) is 11.5 Å². The molecule has 1 amide bonds. The molecule has 132 valence electrons. The van der Waals surface area contributed by atoms with Crippen LogP contribution in [0, 0.1) is 0 Å². The summed E-state index contributed by atoms with van der Waals surface area (Å²) in [5, 5.41) is 2.06. The number of rotatable bonds is 4. The van der Waals surface area contributed by atoms with Crippen LogP contribution in [0.3, 0.4) is 0 Å². The van der Waals surface area contributed by atoms with Crippen LogP contribution in [0.1, 0.15) is 42.5 Å². The maximum atomic E-state index is 12.5. The van der Waals surface area contributed by atoms with Crippen LogP contribution in [0.5, 0.6) is 0 Å². The van der Waals surface area contributed by atoms with Crippen molar-refractivity contribution >= 4 is 25.6 Å². The van der Waals surface area contributed by atoms with E-state index in [-0.39, 0.29) is 34.8 Å².